The molecule has 0 radical (unpaired) electrons. The van der Waals surface area contributed by atoms with E-state index in [1.807, 2.05) is 17.0 Å². The topological polar surface area (TPSA) is 43.8 Å². The number of amides is 1. The molecule has 34 heavy (non-hydrogen) atoms. The Hall–Kier alpha value is -3.09. The third-order valence-corrected chi connectivity index (χ3v) is 7.22. The maximum absolute atomic E-state index is 13.3. The van der Waals surface area contributed by atoms with E-state index in [4.69, 9.17) is 0 Å². The quantitative estimate of drug-likeness (QED) is 0.612. The van der Waals surface area contributed by atoms with Gasteiger partial charge in [-0.1, -0.05) is 36.4 Å². The number of benzene rings is 3. The summed E-state index contributed by atoms with van der Waals surface area (Å²) in [7, 11) is 0. The highest BCUT2D eigenvalue weighted by Gasteiger charge is 2.49. The monoisotopic (exact) mass is 462 g/mol. The first kappa shape index (κ1) is 22.7. The standard InChI is InChI=1S/C28H28F2N2O2/c29-23-11-7-20(8-12-23)19-3-5-21(6-4-19)27-25-17-31(15-1-2-16-32(25)26(27)18-33)28(34)22-9-13-24(30)14-10-22/h3-14,25-27,33H,1-2,15-18H2/t25-,26+,27-/m1/s1. The molecule has 1 amide bonds. The second-order valence-corrected chi connectivity index (χ2v) is 9.17. The highest BCUT2D eigenvalue weighted by molar-refractivity contribution is 5.94. The fraction of sp³-hybridized carbons (Fsp3) is 0.321. The number of hydrogen-bond donors (Lipinski definition) is 1. The van der Waals surface area contributed by atoms with Crippen molar-refractivity contribution in [3.05, 3.63) is 95.6 Å². The normalized spacial score (nSPS) is 22.9. The Morgan fingerprint density at radius 1 is 0.824 bits per heavy atom. The first-order valence-corrected chi connectivity index (χ1v) is 11.8. The van der Waals surface area contributed by atoms with Crippen molar-refractivity contribution in [2.75, 3.05) is 26.2 Å². The Morgan fingerprint density at radius 3 is 2.00 bits per heavy atom. The molecule has 3 atom stereocenters. The zero-order valence-corrected chi connectivity index (χ0v) is 18.9. The summed E-state index contributed by atoms with van der Waals surface area (Å²) in [5.74, 6) is -0.595. The van der Waals surface area contributed by atoms with Crippen LogP contribution in [0.1, 0.15) is 34.7 Å². The summed E-state index contributed by atoms with van der Waals surface area (Å²) in [6.07, 6.45) is 1.85. The third-order valence-electron chi connectivity index (χ3n) is 7.22. The van der Waals surface area contributed by atoms with E-state index < -0.39 is 0 Å². The molecule has 0 bridgehead atoms. The number of aliphatic hydroxyl groups excluding tert-OH is 1. The average molecular weight is 463 g/mol. The Balaban J connectivity index is 1.38. The van der Waals surface area contributed by atoms with Gasteiger partial charge in [0, 0.05) is 36.7 Å². The third kappa shape index (κ3) is 4.36. The first-order valence-electron chi connectivity index (χ1n) is 11.8. The Labute approximate surface area is 198 Å². The van der Waals surface area contributed by atoms with E-state index in [-0.39, 0.29) is 42.2 Å². The highest BCUT2D eigenvalue weighted by atomic mass is 19.1. The Kier molecular flexibility index (Phi) is 6.44. The molecule has 0 unspecified atom stereocenters. The van der Waals surface area contributed by atoms with Crippen LogP contribution in [-0.4, -0.2) is 59.1 Å². The van der Waals surface area contributed by atoms with Gasteiger partial charge in [-0.2, -0.15) is 0 Å². The SMILES string of the molecule is O=C(c1ccc(F)cc1)N1CCCCN2[C@H](C1)[C@@H](c1ccc(-c3ccc(F)cc3)cc1)[C@@H]2CO. The van der Waals surface area contributed by atoms with Crippen LogP contribution in [-0.2, 0) is 0 Å². The number of nitrogens with zero attached hydrogens (tertiary/aromatic N) is 2. The molecular formula is C28H28F2N2O2. The van der Waals surface area contributed by atoms with Gasteiger partial charge in [0.1, 0.15) is 11.6 Å². The molecule has 5 rings (SSSR count). The summed E-state index contributed by atoms with van der Waals surface area (Å²) in [6.45, 7) is 2.20. The molecule has 4 nitrogen and oxygen atoms in total. The van der Waals surface area contributed by atoms with Gasteiger partial charge in [0.2, 0.25) is 0 Å². The van der Waals surface area contributed by atoms with Gasteiger partial charge in [0.25, 0.3) is 5.91 Å². The molecule has 2 heterocycles. The van der Waals surface area contributed by atoms with E-state index in [9.17, 15) is 18.7 Å². The van der Waals surface area contributed by atoms with Gasteiger partial charge in [-0.3, -0.25) is 9.69 Å². The number of halogens is 2. The molecule has 2 saturated heterocycles. The molecule has 3 aromatic carbocycles. The van der Waals surface area contributed by atoms with Crippen molar-refractivity contribution in [2.45, 2.75) is 30.8 Å². The molecule has 6 heteroatoms. The molecule has 1 N–H and O–H groups in total. The predicted octanol–water partition coefficient (Wildman–Crippen LogP) is 4.70. The van der Waals surface area contributed by atoms with Gasteiger partial charge in [-0.05, 0) is 72.5 Å². The summed E-state index contributed by atoms with van der Waals surface area (Å²) >= 11 is 0. The largest absolute Gasteiger partial charge is 0.395 e. The molecule has 0 spiro atoms. The summed E-state index contributed by atoms with van der Waals surface area (Å²) < 4.78 is 26.6. The van der Waals surface area contributed by atoms with Crippen LogP contribution in [0.25, 0.3) is 11.1 Å². The van der Waals surface area contributed by atoms with Crippen LogP contribution < -0.4 is 0 Å². The summed E-state index contributed by atoms with van der Waals surface area (Å²) in [6, 6.07) is 20.5. The molecule has 2 fully saturated rings. The second-order valence-electron chi connectivity index (χ2n) is 9.17. The van der Waals surface area contributed by atoms with Gasteiger partial charge in [-0.15, -0.1) is 0 Å². The Bertz CT molecular complexity index is 1130. The maximum Gasteiger partial charge on any atom is 0.253 e. The van der Waals surface area contributed by atoms with Crippen LogP contribution in [0.15, 0.2) is 72.8 Å². The van der Waals surface area contributed by atoms with Crippen molar-refractivity contribution >= 4 is 5.91 Å². The minimum Gasteiger partial charge on any atom is -0.395 e. The van der Waals surface area contributed by atoms with Gasteiger partial charge >= 0.3 is 0 Å². The van der Waals surface area contributed by atoms with Crippen LogP contribution in [0.5, 0.6) is 0 Å². The zero-order chi connectivity index (χ0) is 23.7. The Morgan fingerprint density at radius 2 is 1.38 bits per heavy atom. The maximum atomic E-state index is 13.3. The molecule has 3 aromatic rings. The van der Waals surface area contributed by atoms with Crippen LogP contribution >= 0.6 is 0 Å². The highest BCUT2D eigenvalue weighted by Crippen LogP contribution is 2.42. The minimum absolute atomic E-state index is 0.0162. The van der Waals surface area contributed by atoms with Crippen LogP contribution in [0.4, 0.5) is 8.78 Å². The van der Waals surface area contributed by atoms with Crippen molar-refractivity contribution in [3.8, 4) is 11.1 Å². The molecule has 0 saturated carbocycles. The van der Waals surface area contributed by atoms with Crippen molar-refractivity contribution < 1.29 is 18.7 Å². The van der Waals surface area contributed by atoms with Gasteiger partial charge < -0.3 is 10.0 Å². The molecule has 2 aliphatic heterocycles. The lowest BCUT2D eigenvalue weighted by Gasteiger charge is -2.57. The van der Waals surface area contributed by atoms with E-state index in [1.165, 1.54) is 36.4 Å². The van der Waals surface area contributed by atoms with Crippen molar-refractivity contribution in [3.63, 3.8) is 0 Å². The van der Waals surface area contributed by atoms with E-state index in [0.717, 1.165) is 36.1 Å². The number of carbonyl (C=O) groups excluding carboxylic acids is 1. The number of fused-ring (bicyclic) bond motifs is 1. The van der Waals surface area contributed by atoms with Crippen molar-refractivity contribution in [2.24, 2.45) is 0 Å². The summed E-state index contributed by atoms with van der Waals surface area (Å²) in [5, 5.41) is 10.2. The van der Waals surface area contributed by atoms with Gasteiger partial charge in [0.05, 0.1) is 6.61 Å². The van der Waals surface area contributed by atoms with Crippen molar-refractivity contribution in [1.82, 2.24) is 9.80 Å². The molecule has 176 valence electrons. The fourth-order valence-corrected chi connectivity index (χ4v) is 5.44. The number of hydrogen-bond acceptors (Lipinski definition) is 3. The average Bonchev–Trinajstić information content (AvgIpc) is 2.84. The first-order chi connectivity index (χ1) is 16.5. The zero-order valence-electron chi connectivity index (χ0n) is 18.9. The van der Waals surface area contributed by atoms with E-state index in [0.29, 0.717) is 18.7 Å². The second kappa shape index (κ2) is 9.65. The lowest BCUT2D eigenvalue weighted by atomic mass is 9.74. The van der Waals surface area contributed by atoms with E-state index >= 15 is 0 Å². The van der Waals surface area contributed by atoms with Crippen LogP contribution in [0, 0.1) is 11.6 Å². The smallest absolute Gasteiger partial charge is 0.253 e. The van der Waals surface area contributed by atoms with E-state index in [1.54, 1.807) is 12.1 Å². The summed E-state index contributed by atoms with van der Waals surface area (Å²) in [4.78, 5) is 17.4. The van der Waals surface area contributed by atoms with E-state index in [2.05, 4.69) is 17.0 Å². The van der Waals surface area contributed by atoms with Crippen molar-refractivity contribution in [1.29, 1.82) is 0 Å². The van der Waals surface area contributed by atoms with Crippen LogP contribution in [0.3, 0.4) is 0 Å². The number of rotatable bonds is 4. The fourth-order valence-electron chi connectivity index (χ4n) is 5.44. The number of carbonyl (C=O) groups is 1. The van der Waals surface area contributed by atoms with Gasteiger partial charge in [-0.25, -0.2) is 8.78 Å². The lowest BCUT2D eigenvalue weighted by molar-refractivity contribution is -0.0606. The molecular weight excluding hydrogens is 434 g/mol. The predicted molar refractivity (Wildman–Crippen MR) is 127 cm³/mol. The molecule has 2 aliphatic rings. The molecule has 0 aromatic heterocycles. The minimum atomic E-state index is -0.357. The lowest BCUT2D eigenvalue weighted by Crippen LogP contribution is -2.67. The number of aliphatic hydroxyl groups is 1. The molecule has 0 aliphatic carbocycles. The van der Waals surface area contributed by atoms with Gasteiger partial charge in [0.15, 0.2) is 0 Å². The van der Waals surface area contributed by atoms with Crippen LogP contribution in [0.2, 0.25) is 0 Å². The summed E-state index contributed by atoms with van der Waals surface area (Å²) in [5.41, 5.74) is 3.57.